The minimum Gasteiger partial charge on any atom is -0.405 e. The van der Waals surface area contributed by atoms with E-state index in [0.29, 0.717) is 18.5 Å². The van der Waals surface area contributed by atoms with E-state index in [1.165, 1.54) is 0 Å². The molecular formula is C13H14N2O3. The average Bonchev–Trinajstić information content (AvgIpc) is 2.79. The summed E-state index contributed by atoms with van der Waals surface area (Å²) in [4.78, 5) is 27.3. The summed E-state index contributed by atoms with van der Waals surface area (Å²) in [7, 11) is 0. The van der Waals surface area contributed by atoms with Gasteiger partial charge in [-0.1, -0.05) is 18.2 Å². The Labute approximate surface area is 105 Å². The zero-order chi connectivity index (χ0) is 13.0. The predicted octanol–water partition coefficient (Wildman–Crippen LogP) is 0.667. The van der Waals surface area contributed by atoms with E-state index >= 15 is 0 Å². The molecule has 5 nitrogen and oxygen atoms in total. The number of aliphatic imine (C=N–C) groups is 1. The molecule has 0 radical (unpaired) electrons. The zero-order valence-corrected chi connectivity index (χ0v) is 9.83. The fourth-order valence-corrected chi connectivity index (χ4v) is 1.68. The maximum atomic E-state index is 11.7. The average molecular weight is 246 g/mol. The molecule has 2 rings (SSSR count). The van der Waals surface area contributed by atoms with Gasteiger partial charge in [0, 0.05) is 12.0 Å². The number of ketones is 1. The quantitative estimate of drug-likeness (QED) is 0.611. The second-order valence-electron chi connectivity index (χ2n) is 3.98. The lowest BCUT2D eigenvalue weighted by atomic mass is 10.1. The van der Waals surface area contributed by atoms with E-state index in [1.807, 2.05) is 18.2 Å². The van der Waals surface area contributed by atoms with Crippen LogP contribution in [0.4, 0.5) is 0 Å². The molecule has 0 bridgehead atoms. The fourth-order valence-electron chi connectivity index (χ4n) is 1.68. The molecule has 5 heteroatoms. The number of hydrogen-bond donors (Lipinski definition) is 1. The van der Waals surface area contributed by atoms with Crippen LogP contribution in [0.1, 0.15) is 18.4 Å². The molecule has 0 aliphatic carbocycles. The van der Waals surface area contributed by atoms with Crippen LogP contribution in [0.3, 0.4) is 0 Å². The monoisotopic (exact) mass is 246 g/mol. The van der Waals surface area contributed by atoms with Crippen molar-refractivity contribution in [2.45, 2.75) is 18.9 Å². The normalized spacial score (nSPS) is 18.4. The van der Waals surface area contributed by atoms with Crippen molar-refractivity contribution in [1.29, 1.82) is 0 Å². The molecule has 1 aliphatic rings. The van der Waals surface area contributed by atoms with Crippen molar-refractivity contribution in [3.05, 3.63) is 35.9 Å². The Hall–Kier alpha value is -2.01. The molecule has 1 unspecified atom stereocenters. The molecule has 94 valence electrons. The Balaban J connectivity index is 2.12. The number of rotatable bonds is 5. The van der Waals surface area contributed by atoms with Gasteiger partial charge in [-0.2, -0.15) is 0 Å². The lowest BCUT2D eigenvalue weighted by Gasteiger charge is -2.00. The van der Waals surface area contributed by atoms with Gasteiger partial charge in [-0.15, -0.1) is 0 Å². The highest BCUT2D eigenvalue weighted by atomic mass is 16.6. The maximum absolute atomic E-state index is 11.7. The predicted molar refractivity (Wildman–Crippen MR) is 66.2 cm³/mol. The van der Waals surface area contributed by atoms with Crippen LogP contribution >= 0.6 is 0 Å². The van der Waals surface area contributed by atoms with Gasteiger partial charge in [-0.25, -0.2) is 9.79 Å². The molecule has 1 aliphatic heterocycles. The highest BCUT2D eigenvalue weighted by Crippen LogP contribution is 2.15. The summed E-state index contributed by atoms with van der Waals surface area (Å²) in [5, 5.41) is 0. The number of nitrogens with zero attached hydrogens (tertiary/aromatic N) is 1. The third kappa shape index (κ3) is 2.62. The number of carbonyl (C=O) groups is 2. The van der Waals surface area contributed by atoms with Crippen molar-refractivity contribution in [3.8, 4) is 0 Å². The lowest BCUT2D eigenvalue weighted by molar-refractivity contribution is -0.138. The van der Waals surface area contributed by atoms with Gasteiger partial charge in [0.15, 0.2) is 5.78 Å². The molecule has 0 spiro atoms. The fraction of sp³-hybridized carbons (Fsp3) is 0.308. The van der Waals surface area contributed by atoms with Crippen molar-refractivity contribution in [1.82, 2.24) is 0 Å². The first kappa shape index (κ1) is 12.4. The molecule has 18 heavy (non-hydrogen) atoms. The summed E-state index contributed by atoms with van der Waals surface area (Å²) in [5.41, 5.74) is 6.02. The van der Waals surface area contributed by atoms with Gasteiger partial charge in [-0.05, 0) is 25.1 Å². The minimum absolute atomic E-state index is 0.215. The van der Waals surface area contributed by atoms with Crippen molar-refractivity contribution in [3.63, 3.8) is 0 Å². The molecule has 0 aromatic heterocycles. The molecule has 1 aromatic carbocycles. The van der Waals surface area contributed by atoms with Crippen molar-refractivity contribution < 1.29 is 14.3 Å². The third-order valence-electron chi connectivity index (χ3n) is 2.62. The smallest absolute Gasteiger partial charge is 0.345 e. The molecule has 1 atom stereocenters. The lowest BCUT2D eigenvalue weighted by Crippen LogP contribution is -2.25. The van der Waals surface area contributed by atoms with Crippen LogP contribution in [0, 0.1) is 0 Å². The number of nitrogens with two attached hydrogens (primary N) is 1. The first-order chi connectivity index (χ1) is 8.72. The summed E-state index contributed by atoms with van der Waals surface area (Å²) >= 11 is 0. The van der Waals surface area contributed by atoms with Crippen LogP contribution in [0.15, 0.2) is 35.3 Å². The number of ether oxygens (including phenoxy) is 1. The van der Waals surface area contributed by atoms with Crippen LogP contribution in [0.5, 0.6) is 0 Å². The number of Topliss-reactive ketones (excluding diaryl/α,β-unsaturated/α-hetero) is 1. The van der Waals surface area contributed by atoms with Crippen LogP contribution in [0.25, 0.3) is 0 Å². The number of cyclic esters (lactones) is 1. The largest absolute Gasteiger partial charge is 0.405 e. The van der Waals surface area contributed by atoms with Gasteiger partial charge in [0.05, 0.1) is 0 Å². The van der Waals surface area contributed by atoms with E-state index < -0.39 is 12.0 Å². The molecule has 1 heterocycles. The van der Waals surface area contributed by atoms with E-state index in [0.717, 1.165) is 0 Å². The van der Waals surface area contributed by atoms with Gasteiger partial charge < -0.3 is 10.5 Å². The zero-order valence-electron chi connectivity index (χ0n) is 9.83. The minimum atomic E-state index is -1.02. The first-order valence-corrected chi connectivity index (χ1v) is 5.80. The van der Waals surface area contributed by atoms with E-state index in [9.17, 15) is 9.59 Å². The van der Waals surface area contributed by atoms with Crippen molar-refractivity contribution in [2.75, 3.05) is 6.54 Å². The topological polar surface area (TPSA) is 81.8 Å². The van der Waals surface area contributed by atoms with Gasteiger partial charge >= 0.3 is 5.97 Å². The summed E-state index contributed by atoms with van der Waals surface area (Å²) in [5.74, 6) is -0.626. The number of carbonyl (C=O) groups excluding carboxylic acids is 2. The molecule has 0 amide bonds. The molecule has 0 saturated carbocycles. The highest BCUT2D eigenvalue weighted by Gasteiger charge is 2.34. The Kier molecular flexibility index (Phi) is 3.84. The Morgan fingerprint density at radius 3 is 2.72 bits per heavy atom. The SMILES string of the molecule is NCCCC(=O)C1N=C(c2ccccc2)OC1=O. The van der Waals surface area contributed by atoms with Crippen LogP contribution in [-0.4, -0.2) is 30.2 Å². The summed E-state index contributed by atoms with van der Waals surface area (Å²) in [6.45, 7) is 0.419. The number of esters is 1. The maximum Gasteiger partial charge on any atom is 0.345 e. The molecule has 0 fully saturated rings. The molecular weight excluding hydrogens is 232 g/mol. The van der Waals surface area contributed by atoms with E-state index in [1.54, 1.807) is 12.1 Å². The second-order valence-corrected chi connectivity index (χ2v) is 3.98. The Morgan fingerprint density at radius 2 is 2.06 bits per heavy atom. The van der Waals surface area contributed by atoms with Crippen molar-refractivity contribution in [2.24, 2.45) is 10.7 Å². The van der Waals surface area contributed by atoms with E-state index in [4.69, 9.17) is 10.5 Å². The summed E-state index contributed by atoms with van der Waals surface area (Å²) in [6.07, 6.45) is 0.806. The third-order valence-corrected chi connectivity index (χ3v) is 2.62. The van der Waals surface area contributed by atoms with E-state index in [2.05, 4.69) is 4.99 Å². The summed E-state index contributed by atoms with van der Waals surface area (Å²) in [6, 6.07) is 8.01. The van der Waals surface area contributed by atoms with Gasteiger partial charge in [-0.3, -0.25) is 4.79 Å². The number of hydrogen-bond acceptors (Lipinski definition) is 5. The molecule has 1 aromatic rings. The Bertz CT molecular complexity index is 482. The van der Waals surface area contributed by atoms with Crippen LogP contribution in [-0.2, 0) is 14.3 Å². The van der Waals surface area contributed by atoms with Crippen LogP contribution < -0.4 is 5.73 Å². The van der Waals surface area contributed by atoms with Crippen LogP contribution in [0.2, 0.25) is 0 Å². The molecule has 0 saturated heterocycles. The van der Waals surface area contributed by atoms with Gasteiger partial charge in [0.25, 0.3) is 0 Å². The second kappa shape index (κ2) is 5.55. The highest BCUT2D eigenvalue weighted by molar-refractivity contribution is 6.15. The first-order valence-electron chi connectivity index (χ1n) is 5.80. The summed E-state index contributed by atoms with van der Waals surface area (Å²) < 4.78 is 5.02. The Morgan fingerprint density at radius 1 is 1.33 bits per heavy atom. The number of benzene rings is 1. The van der Waals surface area contributed by atoms with Gasteiger partial charge in [0.2, 0.25) is 11.9 Å². The van der Waals surface area contributed by atoms with Gasteiger partial charge in [0.1, 0.15) is 0 Å². The molecule has 2 N–H and O–H groups in total. The van der Waals surface area contributed by atoms with E-state index in [-0.39, 0.29) is 18.1 Å². The van der Waals surface area contributed by atoms with Crippen molar-refractivity contribution >= 4 is 17.7 Å². The standard InChI is InChI=1S/C13H14N2O3/c14-8-4-7-10(16)11-13(17)18-12(15-11)9-5-2-1-3-6-9/h1-3,5-6,11H,4,7-8,14H2.